The third-order valence-electron chi connectivity index (χ3n) is 5.68. The molecule has 1 aliphatic carbocycles. The van der Waals surface area contributed by atoms with E-state index >= 15 is 0 Å². The van der Waals surface area contributed by atoms with Crippen molar-refractivity contribution in [2.45, 2.75) is 12.8 Å². The summed E-state index contributed by atoms with van der Waals surface area (Å²) in [4.78, 5) is 30.0. The number of carbonyl (C=O) groups excluding carboxylic acids is 2. The van der Waals surface area contributed by atoms with Crippen LogP contribution in [0.1, 0.15) is 17.5 Å². The van der Waals surface area contributed by atoms with Crippen LogP contribution in [0.4, 0.5) is 14.6 Å². The fraction of sp³-hybridized carbons (Fsp3) is 0.148. The smallest absolute Gasteiger partial charge is 0.204 e. The number of hydrogen-bond donors (Lipinski definition) is 1. The van der Waals surface area contributed by atoms with E-state index < -0.39 is 23.2 Å². The number of carbonyl (C=O) groups is 2. The Morgan fingerprint density at radius 3 is 2.69 bits per heavy atom. The van der Waals surface area contributed by atoms with Crippen LogP contribution in [0, 0.1) is 11.6 Å². The second-order valence-electron chi connectivity index (χ2n) is 8.04. The zero-order valence-corrected chi connectivity index (χ0v) is 18.5. The lowest BCUT2D eigenvalue weighted by Crippen LogP contribution is -2.19. The molecule has 3 aromatic rings. The highest BCUT2D eigenvalue weighted by molar-refractivity contribution is 6.39. The molecule has 8 heteroatoms. The summed E-state index contributed by atoms with van der Waals surface area (Å²) in [7, 11) is 0. The van der Waals surface area contributed by atoms with Gasteiger partial charge in [-0.1, -0.05) is 30.4 Å². The second kappa shape index (κ2) is 9.50. The maximum Gasteiger partial charge on any atom is 0.204 e. The number of fused-ring (bicyclic) bond motifs is 1. The summed E-state index contributed by atoms with van der Waals surface area (Å²) < 4.78 is 39.4. The van der Waals surface area contributed by atoms with E-state index in [1.165, 1.54) is 42.6 Å². The number of nitrogens with one attached hydrogen (secondary N) is 1. The number of ether oxygens (including phenoxy) is 2. The molecule has 0 bridgehead atoms. The third-order valence-corrected chi connectivity index (χ3v) is 5.68. The molecule has 2 aromatic carbocycles. The average Bonchev–Trinajstić information content (AvgIpc) is 2.86. The molecule has 2 heterocycles. The summed E-state index contributed by atoms with van der Waals surface area (Å²) in [5.41, 5.74) is 1.34. The number of rotatable bonds is 6. The Labute approximate surface area is 199 Å². The number of hydrogen-bond acceptors (Lipinski definition) is 6. The minimum atomic E-state index is -0.652. The molecule has 0 radical (unpaired) electrons. The number of pyridine rings is 1. The van der Waals surface area contributed by atoms with Crippen LogP contribution in [0.3, 0.4) is 0 Å². The van der Waals surface area contributed by atoms with Crippen LogP contribution in [0.2, 0.25) is 0 Å². The van der Waals surface area contributed by atoms with E-state index in [1.54, 1.807) is 24.3 Å². The molecule has 0 fully saturated rings. The highest BCUT2D eigenvalue weighted by atomic mass is 19.1. The van der Waals surface area contributed by atoms with E-state index in [9.17, 15) is 18.4 Å². The molecule has 0 saturated heterocycles. The average molecular weight is 474 g/mol. The van der Waals surface area contributed by atoms with Gasteiger partial charge in [0.25, 0.3) is 0 Å². The number of allylic oxidation sites excluding steroid dienone is 4. The highest BCUT2D eigenvalue weighted by Crippen LogP contribution is 2.38. The zero-order chi connectivity index (χ0) is 24.4. The van der Waals surface area contributed by atoms with E-state index in [4.69, 9.17) is 9.47 Å². The fourth-order valence-electron chi connectivity index (χ4n) is 3.98. The second-order valence-corrected chi connectivity index (χ2v) is 8.04. The van der Waals surface area contributed by atoms with Crippen LogP contribution in [0.5, 0.6) is 17.2 Å². The van der Waals surface area contributed by atoms with Crippen LogP contribution in [-0.4, -0.2) is 29.7 Å². The first-order valence-corrected chi connectivity index (χ1v) is 11.1. The van der Waals surface area contributed by atoms with Gasteiger partial charge in [-0.25, -0.2) is 13.8 Å². The molecule has 0 atom stereocenters. The topological polar surface area (TPSA) is 77.5 Å². The SMILES string of the molecule is O=C(Cc1ccc(Oc2ccnc3c2OCCN3)c(F)c1)C1=CCC=C(c2ccc(F)cc2)C1=O. The summed E-state index contributed by atoms with van der Waals surface area (Å²) in [6, 6.07) is 11.3. The van der Waals surface area contributed by atoms with Crippen molar-refractivity contribution in [1.82, 2.24) is 4.98 Å². The minimum Gasteiger partial charge on any atom is -0.485 e. The maximum atomic E-state index is 14.8. The Morgan fingerprint density at radius 1 is 1.06 bits per heavy atom. The van der Waals surface area contributed by atoms with Gasteiger partial charge >= 0.3 is 0 Å². The van der Waals surface area contributed by atoms with Gasteiger partial charge in [-0.3, -0.25) is 9.59 Å². The number of Topliss-reactive ketones (excluding diaryl/α,β-unsaturated/α-hetero) is 2. The van der Waals surface area contributed by atoms with Crippen molar-refractivity contribution >= 4 is 23.0 Å². The van der Waals surface area contributed by atoms with Gasteiger partial charge in [0.1, 0.15) is 12.4 Å². The Kier molecular flexibility index (Phi) is 6.10. The highest BCUT2D eigenvalue weighted by Gasteiger charge is 2.25. The van der Waals surface area contributed by atoms with Crippen molar-refractivity contribution < 1.29 is 27.8 Å². The van der Waals surface area contributed by atoms with E-state index in [0.717, 1.165) is 0 Å². The first-order chi connectivity index (χ1) is 17.0. The molecule has 176 valence electrons. The van der Waals surface area contributed by atoms with E-state index in [1.807, 2.05) is 0 Å². The molecular weight excluding hydrogens is 454 g/mol. The van der Waals surface area contributed by atoms with Gasteiger partial charge in [-0.2, -0.15) is 0 Å². The van der Waals surface area contributed by atoms with Crippen molar-refractivity contribution in [1.29, 1.82) is 0 Å². The van der Waals surface area contributed by atoms with Gasteiger partial charge in [0, 0.05) is 24.3 Å². The molecule has 1 N–H and O–H groups in total. The molecule has 2 aliphatic rings. The minimum absolute atomic E-state index is 0.0294. The van der Waals surface area contributed by atoms with Gasteiger partial charge in [0.2, 0.25) is 5.75 Å². The zero-order valence-electron chi connectivity index (χ0n) is 18.5. The molecule has 0 unspecified atom stereocenters. The molecule has 0 amide bonds. The van der Waals surface area contributed by atoms with Crippen molar-refractivity contribution in [2.24, 2.45) is 0 Å². The standard InChI is InChI=1S/C27H20F2N2O4/c28-18-7-5-17(6-8-18)19-2-1-3-20(25(19)33)22(32)15-16-4-9-23(21(29)14-16)35-24-10-11-30-27-26(24)34-13-12-31-27/h2-11,14H,1,12-13,15H2,(H,30,31). The largest absolute Gasteiger partial charge is 0.485 e. The Hall–Kier alpha value is -4.33. The Morgan fingerprint density at radius 2 is 1.89 bits per heavy atom. The monoisotopic (exact) mass is 474 g/mol. The van der Waals surface area contributed by atoms with Gasteiger partial charge in [0.05, 0.1) is 12.1 Å². The quantitative estimate of drug-likeness (QED) is 0.504. The Balaban J connectivity index is 1.29. The van der Waals surface area contributed by atoms with Crippen molar-refractivity contribution in [3.63, 3.8) is 0 Å². The molecule has 5 rings (SSSR count). The number of halogens is 2. The first kappa shape index (κ1) is 22.5. The number of benzene rings is 2. The molecule has 35 heavy (non-hydrogen) atoms. The van der Waals surface area contributed by atoms with E-state index in [2.05, 4.69) is 10.3 Å². The third kappa shape index (κ3) is 4.68. The van der Waals surface area contributed by atoms with Crippen LogP contribution >= 0.6 is 0 Å². The lowest BCUT2D eigenvalue weighted by molar-refractivity contribution is -0.118. The molecular formula is C27H20F2N2O4. The van der Waals surface area contributed by atoms with Gasteiger partial charge in [-0.05, 0) is 41.8 Å². The predicted molar refractivity (Wildman–Crippen MR) is 125 cm³/mol. The number of nitrogens with zero attached hydrogens (tertiary/aromatic N) is 1. The van der Waals surface area contributed by atoms with Crippen LogP contribution in [0.25, 0.3) is 5.57 Å². The maximum absolute atomic E-state index is 14.8. The van der Waals surface area contributed by atoms with E-state index in [0.29, 0.717) is 53.6 Å². The fourth-order valence-corrected chi connectivity index (χ4v) is 3.98. The van der Waals surface area contributed by atoms with Crippen molar-refractivity contribution in [3.05, 3.63) is 95.2 Å². The van der Waals surface area contributed by atoms with Gasteiger partial charge in [0.15, 0.2) is 34.7 Å². The van der Waals surface area contributed by atoms with Crippen molar-refractivity contribution in [2.75, 3.05) is 18.5 Å². The summed E-state index contributed by atoms with van der Waals surface area (Å²) >= 11 is 0. The summed E-state index contributed by atoms with van der Waals surface area (Å²) in [5.74, 6) is -0.683. The Bertz CT molecular complexity index is 1380. The van der Waals surface area contributed by atoms with Crippen molar-refractivity contribution in [3.8, 4) is 17.2 Å². The van der Waals surface area contributed by atoms with Crippen LogP contribution in [-0.2, 0) is 16.0 Å². The molecule has 1 aliphatic heterocycles. The number of aromatic nitrogens is 1. The molecule has 0 spiro atoms. The van der Waals surface area contributed by atoms with Gasteiger partial charge < -0.3 is 14.8 Å². The summed E-state index contributed by atoms with van der Waals surface area (Å²) in [6.45, 7) is 1.05. The molecule has 0 saturated carbocycles. The predicted octanol–water partition coefficient (Wildman–Crippen LogP) is 5.05. The molecule has 1 aromatic heterocycles. The van der Waals surface area contributed by atoms with Gasteiger partial charge in [-0.15, -0.1) is 0 Å². The summed E-state index contributed by atoms with van der Waals surface area (Å²) in [5, 5.41) is 3.08. The van der Waals surface area contributed by atoms with Crippen LogP contribution < -0.4 is 14.8 Å². The first-order valence-electron chi connectivity index (χ1n) is 11.1. The number of anilines is 1. The lowest BCUT2D eigenvalue weighted by atomic mass is 9.88. The molecule has 6 nitrogen and oxygen atoms in total. The lowest BCUT2D eigenvalue weighted by Gasteiger charge is -2.20. The van der Waals surface area contributed by atoms with Crippen LogP contribution in [0.15, 0.2) is 72.5 Å². The summed E-state index contributed by atoms with van der Waals surface area (Å²) in [6.07, 6.45) is 5.04. The number of ketones is 2. The van der Waals surface area contributed by atoms with E-state index in [-0.39, 0.29) is 17.7 Å². The normalized spacial score (nSPS) is 14.7.